The third kappa shape index (κ3) is 2.76. The molecule has 0 radical (unpaired) electrons. The molecule has 3 fully saturated rings. The van der Waals surface area contributed by atoms with Crippen molar-refractivity contribution < 1.29 is 23.5 Å². The number of amides is 2. The van der Waals surface area contributed by atoms with Gasteiger partial charge >= 0.3 is 0 Å². The zero-order valence-corrected chi connectivity index (χ0v) is 12.1. The van der Waals surface area contributed by atoms with Crippen LogP contribution in [-0.2, 0) is 19.1 Å². The third-order valence-corrected chi connectivity index (χ3v) is 4.51. The topological polar surface area (TPSA) is 67.9 Å². The molecule has 7 heteroatoms. The first-order chi connectivity index (χ1) is 10.0. The summed E-state index contributed by atoms with van der Waals surface area (Å²) in [6.07, 6.45) is 1.07. The van der Waals surface area contributed by atoms with Crippen molar-refractivity contribution in [3.05, 3.63) is 0 Å². The monoisotopic (exact) mass is 300 g/mol. The first-order valence-corrected chi connectivity index (χ1v) is 7.47. The average molecular weight is 300 g/mol. The van der Waals surface area contributed by atoms with Gasteiger partial charge in [-0.3, -0.25) is 9.59 Å². The van der Waals surface area contributed by atoms with E-state index in [4.69, 9.17) is 9.47 Å². The number of carbonyl (C=O) groups excluding carboxylic acids is 2. The molecule has 0 aromatic rings. The molecule has 0 spiro atoms. The lowest BCUT2D eigenvalue weighted by Crippen LogP contribution is -2.43. The van der Waals surface area contributed by atoms with Gasteiger partial charge in [-0.1, -0.05) is 0 Å². The average Bonchev–Trinajstić information content (AvgIpc) is 2.92. The molecule has 2 saturated heterocycles. The number of fused-ring (bicyclic) bond motifs is 1. The Morgan fingerprint density at radius 3 is 2.90 bits per heavy atom. The van der Waals surface area contributed by atoms with E-state index in [1.54, 1.807) is 12.0 Å². The maximum atomic E-state index is 13.9. The lowest BCUT2D eigenvalue weighted by atomic mass is 10.1. The summed E-state index contributed by atoms with van der Waals surface area (Å²) in [6, 6.07) is -0.163. The number of likely N-dealkylation sites (tertiary alicyclic amines) is 1. The van der Waals surface area contributed by atoms with Crippen molar-refractivity contribution in [3.63, 3.8) is 0 Å². The Bertz CT molecular complexity index is 441. The fourth-order valence-corrected chi connectivity index (χ4v) is 3.14. The Hall–Kier alpha value is -1.21. The van der Waals surface area contributed by atoms with Gasteiger partial charge in [-0.05, 0) is 19.3 Å². The summed E-state index contributed by atoms with van der Waals surface area (Å²) in [5.74, 6) is -0.603. The van der Waals surface area contributed by atoms with Gasteiger partial charge in [0.15, 0.2) is 5.67 Å². The summed E-state index contributed by atoms with van der Waals surface area (Å²) in [5.41, 5.74) is -1.65. The van der Waals surface area contributed by atoms with Crippen molar-refractivity contribution in [2.45, 2.75) is 49.6 Å². The van der Waals surface area contributed by atoms with E-state index >= 15 is 0 Å². The first-order valence-electron chi connectivity index (χ1n) is 7.47. The van der Waals surface area contributed by atoms with Gasteiger partial charge in [0.2, 0.25) is 5.91 Å². The van der Waals surface area contributed by atoms with Gasteiger partial charge < -0.3 is 19.7 Å². The molecule has 3 atom stereocenters. The summed E-state index contributed by atoms with van der Waals surface area (Å²) < 4.78 is 24.5. The number of nitrogens with zero attached hydrogens (tertiary/aromatic N) is 1. The summed E-state index contributed by atoms with van der Waals surface area (Å²) >= 11 is 0. The Kier molecular flexibility index (Phi) is 3.88. The van der Waals surface area contributed by atoms with Crippen LogP contribution in [0.5, 0.6) is 0 Å². The predicted octanol–water partition coefficient (Wildman–Crippen LogP) is 0.00950. The van der Waals surface area contributed by atoms with Gasteiger partial charge in [-0.2, -0.15) is 0 Å². The number of nitrogens with one attached hydrogen (secondary N) is 1. The van der Waals surface area contributed by atoms with Gasteiger partial charge in [0.25, 0.3) is 5.91 Å². The second-order valence-electron chi connectivity index (χ2n) is 6.00. The predicted molar refractivity (Wildman–Crippen MR) is 71.4 cm³/mol. The Balaban J connectivity index is 1.56. The third-order valence-electron chi connectivity index (χ3n) is 4.51. The molecular formula is C14H21FN2O4. The highest BCUT2D eigenvalue weighted by molar-refractivity contribution is 5.89. The van der Waals surface area contributed by atoms with E-state index in [2.05, 4.69) is 5.32 Å². The highest BCUT2D eigenvalue weighted by Crippen LogP contribution is 2.44. The minimum Gasteiger partial charge on any atom is -0.383 e. The summed E-state index contributed by atoms with van der Waals surface area (Å²) in [4.78, 5) is 25.7. The highest BCUT2D eigenvalue weighted by Gasteiger charge is 2.57. The van der Waals surface area contributed by atoms with Crippen LogP contribution in [0.25, 0.3) is 0 Å². The number of carbonyl (C=O) groups is 2. The minimum atomic E-state index is -1.65. The second-order valence-corrected chi connectivity index (χ2v) is 6.00. The molecule has 1 N–H and O–H groups in total. The summed E-state index contributed by atoms with van der Waals surface area (Å²) in [7, 11) is 1.57. The molecular weight excluding hydrogens is 279 g/mol. The Morgan fingerprint density at radius 1 is 1.48 bits per heavy atom. The van der Waals surface area contributed by atoms with Crippen molar-refractivity contribution in [2.24, 2.45) is 0 Å². The Morgan fingerprint density at radius 2 is 2.24 bits per heavy atom. The molecule has 3 rings (SSSR count). The molecule has 6 nitrogen and oxygen atoms in total. The van der Waals surface area contributed by atoms with Crippen molar-refractivity contribution in [1.82, 2.24) is 10.2 Å². The molecule has 1 saturated carbocycles. The van der Waals surface area contributed by atoms with Crippen LogP contribution in [0.2, 0.25) is 0 Å². The highest BCUT2D eigenvalue weighted by atomic mass is 19.1. The molecule has 118 valence electrons. The molecule has 0 bridgehead atoms. The molecule has 21 heavy (non-hydrogen) atoms. The van der Waals surface area contributed by atoms with Crippen LogP contribution in [0.15, 0.2) is 0 Å². The van der Waals surface area contributed by atoms with Crippen LogP contribution in [-0.4, -0.2) is 67.4 Å². The maximum absolute atomic E-state index is 13.9. The lowest BCUT2D eigenvalue weighted by molar-refractivity contribution is -0.139. The molecule has 0 unspecified atom stereocenters. The van der Waals surface area contributed by atoms with E-state index in [9.17, 15) is 14.0 Å². The molecule has 2 amide bonds. The number of hydrogen-bond acceptors (Lipinski definition) is 4. The Labute approximate surface area is 122 Å². The van der Waals surface area contributed by atoms with E-state index in [1.165, 1.54) is 0 Å². The quantitative estimate of drug-likeness (QED) is 0.726. The van der Waals surface area contributed by atoms with Crippen LogP contribution >= 0.6 is 0 Å². The maximum Gasteiger partial charge on any atom is 0.260 e. The van der Waals surface area contributed by atoms with Gasteiger partial charge in [-0.25, -0.2) is 4.39 Å². The van der Waals surface area contributed by atoms with Crippen LogP contribution in [0, 0.1) is 0 Å². The van der Waals surface area contributed by atoms with Crippen molar-refractivity contribution in [3.8, 4) is 0 Å². The number of alkyl halides is 1. The lowest BCUT2D eigenvalue weighted by Gasteiger charge is -2.24. The van der Waals surface area contributed by atoms with Crippen molar-refractivity contribution >= 4 is 11.8 Å². The zero-order chi connectivity index (χ0) is 15.0. The minimum absolute atomic E-state index is 0.144. The molecule has 3 aliphatic rings. The van der Waals surface area contributed by atoms with Crippen LogP contribution < -0.4 is 5.32 Å². The molecule has 0 aromatic carbocycles. The number of ether oxygens (including phenoxy) is 2. The van der Waals surface area contributed by atoms with E-state index in [0.717, 1.165) is 0 Å². The number of hydrogen-bond donors (Lipinski definition) is 1. The molecule has 2 aliphatic heterocycles. The van der Waals surface area contributed by atoms with Gasteiger partial charge in [0.1, 0.15) is 6.10 Å². The van der Waals surface area contributed by atoms with Crippen molar-refractivity contribution in [1.29, 1.82) is 0 Å². The van der Waals surface area contributed by atoms with E-state index in [-0.39, 0.29) is 18.1 Å². The number of rotatable bonds is 5. The van der Waals surface area contributed by atoms with Gasteiger partial charge in [-0.15, -0.1) is 0 Å². The van der Waals surface area contributed by atoms with E-state index in [0.29, 0.717) is 45.4 Å². The fraction of sp³-hybridized carbons (Fsp3) is 0.857. The summed E-state index contributed by atoms with van der Waals surface area (Å²) in [5, 5.41) is 2.73. The van der Waals surface area contributed by atoms with Crippen LogP contribution in [0.4, 0.5) is 4.39 Å². The normalized spacial score (nSPS) is 32.9. The number of methoxy groups -OCH3 is 1. The molecule has 1 aliphatic carbocycles. The van der Waals surface area contributed by atoms with E-state index < -0.39 is 17.7 Å². The van der Waals surface area contributed by atoms with Crippen LogP contribution in [0.1, 0.15) is 25.7 Å². The van der Waals surface area contributed by atoms with Crippen molar-refractivity contribution in [2.75, 3.05) is 26.8 Å². The fourth-order valence-electron chi connectivity index (χ4n) is 3.14. The standard InChI is InChI=1S/C14H21FN2O4/c1-20-7-5-16-12(18)11-8-9-10(21-11)2-6-17(9)13(19)14(15)3-4-14/h9-11H,2-8H2,1H3,(H,16,18)/t9-,10-,11-/m1/s1. The van der Waals surface area contributed by atoms with Gasteiger partial charge in [0.05, 0.1) is 18.8 Å². The molecule has 0 aromatic heterocycles. The largest absolute Gasteiger partial charge is 0.383 e. The molecule has 2 heterocycles. The van der Waals surface area contributed by atoms with E-state index in [1.807, 2.05) is 0 Å². The first kappa shape index (κ1) is 14.7. The SMILES string of the molecule is COCCNC(=O)[C@H]1C[C@@H]2[C@@H](CCN2C(=O)C2(F)CC2)O1. The zero-order valence-electron chi connectivity index (χ0n) is 12.1. The summed E-state index contributed by atoms with van der Waals surface area (Å²) in [6.45, 7) is 1.40. The second kappa shape index (κ2) is 5.53. The smallest absolute Gasteiger partial charge is 0.260 e. The van der Waals surface area contributed by atoms with Gasteiger partial charge in [0, 0.05) is 26.6 Å². The number of halogens is 1. The van der Waals surface area contributed by atoms with Crippen LogP contribution in [0.3, 0.4) is 0 Å².